The number of rotatable bonds is 9. The summed E-state index contributed by atoms with van der Waals surface area (Å²) in [6, 6.07) is 11.6. The molecule has 8 nitrogen and oxygen atoms in total. The molecule has 1 aromatic carbocycles. The molecule has 3 aromatic rings. The molecular formula is C26H29N3O5S. The number of anilines is 1. The second-order valence-corrected chi connectivity index (χ2v) is 9.47. The van der Waals surface area contributed by atoms with E-state index in [1.165, 1.54) is 16.2 Å². The van der Waals surface area contributed by atoms with Crippen molar-refractivity contribution in [2.24, 2.45) is 11.8 Å². The molecule has 0 bridgehead atoms. The van der Waals surface area contributed by atoms with E-state index in [4.69, 9.17) is 14.5 Å². The molecule has 0 aliphatic carbocycles. The van der Waals surface area contributed by atoms with Crippen LogP contribution in [0.25, 0.3) is 22.4 Å². The lowest BCUT2D eigenvalue weighted by Gasteiger charge is -2.27. The lowest BCUT2D eigenvalue weighted by atomic mass is 9.86. The zero-order valence-electron chi connectivity index (χ0n) is 19.8. The molecule has 1 unspecified atom stereocenters. The molecule has 1 aliphatic rings. The second kappa shape index (κ2) is 11.4. The van der Waals surface area contributed by atoms with E-state index in [9.17, 15) is 14.7 Å². The lowest BCUT2D eigenvalue weighted by Crippen LogP contribution is -2.35. The van der Waals surface area contributed by atoms with E-state index in [0.29, 0.717) is 36.6 Å². The molecule has 0 saturated carbocycles. The number of methoxy groups -OCH3 is 1. The second-order valence-electron chi connectivity index (χ2n) is 8.63. The standard InChI is InChI=1S/C26H29N3O5S/c1-29(25(32)19(14-24(30)31)13-17-9-11-34-12-10-17)26-28-22(16-35-26)21-6-4-3-5-20(21)18-7-8-23(33-2)27-15-18/h3-8,15-17,19H,9-14H2,1-2H3,(H,30,31). The molecule has 1 fully saturated rings. The minimum absolute atomic E-state index is 0.188. The number of aromatic nitrogens is 2. The minimum Gasteiger partial charge on any atom is -0.481 e. The van der Waals surface area contributed by atoms with Crippen molar-refractivity contribution in [3.05, 3.63) is 48.0 Å². The van der Waals surface area contributed by atoms with Gasteiger partial charge >= 0.3 is 5.97 Å². The van der Waals surface area contributed by atoms with E-state index in [-0.39, 0.29) is 12.3 Å². The molecule has 4 rings (SSSR count). The average Bonchev–Trinajstić information content (AvgIpc) is 3.38. The van der Waals surface area contributed by atoms with Crippen LogP contribution < -0.4 is 9.64 Å². The van der Waals surface area contributed by atoms with Gasteiger partial charge in [0, 0.05) is 54.9 Å². The van der Waals surface area contributed by atoms with Crippen molar-refractivity contribution in [3.63, 3.8) is 0 Å². The molecule has 9 heteroatoms. The molecule has 1 saturated heterocycles. The van der Waals surface area contributed by atoms with Crippen LogP contribution >= 0.6 is 11.3 Å². The van der Waals surface area contributed by atoms with Gasteiger partial charge in [-0.15, -0.1) is 11.3 Å². The summed E-state index contributed by atoms with van der Waals surface area (Å²) in [4.78, 5) is 35.4. The first-order valence-corrected chi connectivity index (χ1v) is 12.5. The number of carboxylic acids is 1. The SMILES string of the molecule is COc1ccc(-c2ccccc2-c2csc(N(C)C(=O)C(CC(=O)O)CC3CCOCC3)n2)cn1. The highest BCUT2D eigenvalue weighted by molar-refractivity contribution is 7.14. The van der Waals surface area contributed by atoms with E-state index in [1.807, 2.05) is 41.8 Å². The van der Waals surface area contributed by atoms with Gasteiger partial charge in [0.1, 0.15) is 0 Å². The highest BCUT2D eigenvalue weighted by Crippen LogP contribution is 2.35. The van der Waals surface area contributed by atoms with Gasteiger partial charge in [0.25, 0.3) is 0 Å². The maximum absolute atomic E-state index is 13.3. The number of amides is 1. The summed E-state index contributed by atoms with van der Waals surface area (Å²) in [5.74, 6) is -0.940. The lowest BCUT2D eigenvalue weighted by molar-refractivity contribution is -0.141. The molecular weight excluding hydrogens is 466 g/mol. The molecule has 1 amide bonds. The number of pyridine rings is 1. The Hall–Kier alpha value is -3.30. The van der Waals surface area contributed by atoms with Gasteiger partial charge in [0.2, 0.25) is 11.8 Å². The van der Waals surface area contributed by atoms with Gasteiger partial charge in [-0.2, -0.15) is 0 Å². The Morgan fingerprint density at radius 2 is 1.94 bits per heavy atom. The first-order chi connectivity index (χ1) is 17.0. The van der Waals surface area contributed by atoms with Gasteiger partial charge in [-0.25, -0.2) is 9.97 Å². The van der Waals surface area contributed by atoms with Crippen molar-refractivity contribution in [1.29, 1.82) is 0 Å². The summed E-state index contributed by atoms with van der Waals surface area (Å²) in [5, 5.41) is 11.9. The number of ether oxygens (including phenoxy) is 2. The monoisotopic (exact) mass is 495 g/mol. The Bertz CT molecular complexity index is 1160. The average molecular weight is 496 g/mol. The van der Waals surface area contributed by atoms with E-state index in [2.05, 4.69) is 4.98 Å². The number of carboxylic acid groups (broad SMARTS) is 1. The Labute approximate surface area is 208 Å². The molecule has 1 N–H and O–H groups in total. The fourth-order valence-electron chi connectivity index (χ4n) is 4.40. The Morgan fingerprint density at radius 1 is 1.20 bits per heavy atom. The summed E-state index contributed by atoms with van der Waals surface area (Å²) in [6.45, 7) is 1.32. The van der Waals surface area contributed by atoms with Gasteiger partial charge in [-0.3, -0.25) is 14.5 Å². The summed E-state index contributed by atoms with van der Waals surface area (Å²) in [6.07, 6.45) is 3.82. The fraction of sp³-hybridized carbons (Fsp3) is 0.385. The molecule has 35 heavy (non-hydrogen) atoms. The zero-order chi connectivity index (χ0) is 24.8. The van der Waals surface area contributed by atoms with Crippen LogP contribution in [-0.4, -0.2) is 54.3 Å². The van der Waals surface area contributed by atoms with Crippen molar-refractivity contribution in [2.45, 2.75) is 25.7 Å². The summed E-state index contributed by atoms with van der Waals surface area (Å²) >= 11 is 1.36. The summed E-state index contributed by atoms with van der Waals surface area (Å²) in [5.41, 5.74) is 3.57. The van der Waals surface area contributed by atoms with Crippen LogP contribution in [0.3, 0.4) is 0 Å². The third-order valence-electron chi connectivity index (χ3n) is 6.30. The summed E-state index contributed by atoms with van der Waals surface area (Å²) < 4.78 is 10.6. The quantitative estimate of drug-likeness (QED) is 0.457. The Balaban J connectivity index is 1.55. The summed E-state index contributed by atoms with van der Waals surface area (Å²) in [7, 11) is 3.25. The highest BCUT2D eigenvalue weighted by Gasteiger charge is 2.30. The zero-order valence-corrected chi connectivity index (χ0v) is 20.7. The number of nitrogens with zero attached hydrogens (tertiary/aromatic N) is 3. The van der Waals surface area contributed by atoms with Gasteiger partial charge in [-0.1, -0.05) is 24.3 Å². The molecule has 1 atom stereocenters. The van der Waals surface area contributed by atoms with Gasteiger partial charge in [0.15, 0.2) is 5.13 Å². The van der Waals surface area contributed by atoms with E-state index in [0.717, 1.165) is 35.2 Å². The maximum atomic E-state index is 13.3. The maximum Gasteiger partial charge on any atom is 0.304 e. The highest BCUT2D eigenvalue weighted by atomic mass is 32.1. The van der Waals surface area contributed by atoms with Gasteiger partial charge in [-0.05, 0) is 36.8 Å². The van der Waals surface area contributed by atoms with Crippen molar-refractivity contribution in [3.8, 4) is 28.3 Å². The molecule has 0 radical (unpaired) electrons. The third-order valence-corrected chi connectivity index (χ3v) is 7.22. The largest absolute Gasteiger partial charge is 0.481 e. The number of aliphatic carboxylic acids is 1. The van der Waals surface area contributed by atoms with E-state index in [1.54, 1.807) is 20.4 Å². The molecule has 1 aliphatic heterocycles. The van der Waals surface area contributed by atoms with Crippen molar-refractivity contribution in [1.82, 2.24) is 9.97 Å². The van der Waals surface area contributed by atoms with Crippen molar-refractivity contribution < 1.29 is 24.2 Å². The number of carbonyl (C=O) groups excluding carboxylic acids is 1. The first-order valence-electron chi connectivity index (χ1n) is 11.6. The van der Waals surface area contributed by atoms with Crippen molar-refractivity contribution >= 4 is 28.3 Å². The van der Waals surface area contributed by atoms with Crippen LogP contribution in [0, 0.1) is 11.8 Å². The van der Waals surface area contributed by atoms with E-state index < -0.39 is 11.9 Å². The van der Waals surface area contributed by atoms with Gasteiger partial charge < -0.3 is 14.6 Å². The number of hydrogen-bond donors (Lipinski definition) is 1. The van der Waals surface area contributed by atoms with Crippen LogP contribution in [0.4, 0.5) is 5.13 Å². The van der Waals surface area contributed by atoms with Crippen molar-refractivity contribution in [2.75, 3.05) is 32.3 Å². The molecule has 184 valence electrons. The normalized spacial score (nSPS) is 14.9. The Morgan fingerprint density at radius 3 is 2.60 bits per heavy atom. The number of benzene rings is 1. The predicted molar refractivity (Wildman–Crippen MR) is 135 cm³/mol. The van der Waals surface area contributed by atoms with Crippen LogP contribution in [-0.2, 0) is 14.3 Å². The topological polar surface area (TPSA) is 102 Å². The van der Waals surface area contributed by atoms with Crippen LogP contribution in [0.5, 0.6) is 5.88 Å². The van der Waals surface area contributed by atoms with E-state index >= 15 is 0 Å². The minimum atomic E-state index is -0.967. The third kappa shape index (κ3) is 6.04. The smallest absolute Gasteiger partial charge is 0.304 e. The number of carbonyl (C=O) groups is 2. The van der Waals surface area contributed by atoms with Gasteiger partial charge in [0.05, 0.1) is 19.2 Å². The molecule has 0 spiro atoms. The fourth-order valence-corrected chi connectivity index (χ4v) is 5.19. The van der Waals surface area contributed by atoms with Crippen LogP contribution in [0.2, 0.25) is 0 Å². The number of thiazole rings is 1. The molecule has 3 heterocycles. The first kappa shape index (κ1) is 24.8. The van der Waals surface area contributed by atoms with Crippen LogP contribution in [0.1, 0.15) is 25.7 Å². The Kier molecular flexibility index (Phi) is 8.09. The van der Waals surface area contributed by atoms with Crippen LogP contribution in [0.15, 0.2) is 48.0 Å². The number of hydrogen-bond acceptors (Lipinski definition) is 7. The molecule has 2 aromatic heterocycles. The predicted octanol–water partition coefficient (Wildman–Crippen LogP) is 4.75.